The molecule has 0 radical (unpaired) electrons. The molecule has 1 amide bonds. The van der Waals surface area contributed by atoms with E-state index in [9.17, 15) is 14.4 Å². The fourth-order valence-corrected chi connectivity index (χ4v) is 6.69. The second-order valence-electron chi connectivity index (χ2n) is 11.3. The van der Waals surface area contributed by atoms with Crippen molar-refractivity contribution < 1.29 is 38.1 Å². The minimum Gasteiger partial charge on any atom is -0.469 e. The molecule has 2 aromatic rings. The van der Waals surface area contributed by atoms with Crippen LogP contribution in [0.15, 0.2) is 12.4 Å². The number of aryl methyl sites for hydroxylation is 2. The molecule has 2 fully saturated rings. The average molecular weight is 657 g/mol. The molecule has 2 aliphatic heterocycles. The highest BCUT2D eigenvalue weighted by molar-refractivity contribution is 7.12. The van der Waals surface area contributed by atoms with Gasteiger partial charge >= 0.3 is 18.0 Å². The van der Waals surface area contributed by atoms with Crippen molar-refractivity contribution in [1.29, 1.82) is 0 Å². The minimum atomic E-state index is -0.554. The zero-order chi connectivity index (χ0) is 31.6. The molecule has 2 aromatic heterocycles. The second kappa shape index (κ2) is 17.7. The Kier molecular flexibility index (Phi) is 15.1. The van der Waals surface area contributed by atoms with Gasteiger partial charge in [-0.25, -0.2) is 14.8 Å². The lowest BCUT2D eigenvalue weighted by Crippen LogP contribution is -2.37. The van der Waals surface area contributed by atoms with Gasteiger partial charge in [0.15, 0.2) is 0 Å². The SMILES string of the molecule is C.COC(=O)CCc1cnc([C@@H]2C[C@@H](OC)CN2)s1.COC(=O)CCc1cnc([C@@H]2C[C@@H](OC)CN2C(=O)OC(C)(C)C)s1. The van der Waals surface area contributed by atoms with Gasteiger partial charge in [0.2, 0.25) is 0 Å². The van der Waals surface area contributed by atoms with Crippen LogP contribution in [0.5, 0.6) is 0 Å². The van der Waals surface area contributed by atoms with Crippen LogP contribution < -0.4 is 5.32 Å². The van der Waals surface area contributed by atoms with E-state index in [0.717, 1.165) is 32.7 Å². The number of likely N-dealkylation sites (tertiary alicyclic amines) is 1. The maximum absolute atomic E-state index is 12.5. The standard InChI is InChI=1S/C17H26N2O5S.C12H18N2O3S.CH4/c1-17(2,3)24-16(21)19-10-11(22-4)8-13(19)15-18-9-12(25-15)6-7-14(20)23-5;1-16-8-5-10(13-6-8)12-14-7-9(18-12)3-4-11(15)17-2;/h9,11,13H,6-8,10H2,1-5H3;7-8,10,13H,3-6H2,1-2H3;1H4/t11-,13+;8-,10+;/m11./s1. The van der Waals surface area contributed by atoms with Gasteiger partial charge < -0.3 is 29.0 Å². The molecule has 0 bridgehead atoms. The normalized spacial score (nSPS) is 21.2. The smallest absolute Gasteiger partial charge is 0.410 e. The molecule has 248 valence electrons. The number of thiazole rings is 2. The fraction of sp³-hybridized carbons (Fsp3) is 0.700. The average Bonchev–Trinajstić information content (AvgIpc) is 3.79. The third-order valence-electron chi connectivity index (χ3n) is 6.98. The molecule has 2 saturated heterocycles. The molecule has 4 heterocycles. The van der Waals surface area contributed by atoms with Crippen molar-refractivity contribution in [3.05, 3.63) is 32.2 Å². The topological polar surface area (TPSA) is 138 Å². The number of ether oxygens (including phenoxy) is 5. The quantitative estimate of drug-likeness (QED) is 0.277. The van der Waals surface area contributed by atoms with Crippen LogP contribution in [-0.2, 0) is 46.1 Å². The summed E-state index contributed by atoms with van der Waals surface area (Å²) in [5.74, 6) is -0.422. The number of amides is 1. The van der Waals surface area contributed by atoms with Gasteiger partial charge in [-0.15, -0.1) is 22.7 Å². The van der Waals surface area contributed by atoms with Gasteiger partial charge in [0.05, 0.1) is 57.9 Å². The van der Waals surface area contributed by atoms with Gasteiger partial charge in [0, 0.05) is 49.3 Å². The molecular weight excluding hydrogens is 608 g/mol. The summed E-state index contributed by atoms with van der Waals surface area (Å²) in [4.78, 5) is 47.6. The summed E-state index contributed by atoms with van der Waals surface area (Å²) in [6, 6.07) is 0.114. The van der Waals surface area contributed by atoms with E-state index in [2.05, 4.69) is 24.8 Å². The Bertz CT molecular complexity index is 1200. The molecule has 0 aliphatic carbocycles. The van der Waals surface area contributed by atoms with Crippen LogP contribution in [0.4, 0.5) is 4.79 Å². The maximum atomic E-state index is 12.5. The van der Waals surface area contributed by atoms with E-state index in [1.54, 1.807) is 36.7 Å². The predicted molar refractivity (Wildman–Crippen MR) is 169 cm³/mol. The van der Waals surface area contributed by atoms with E-state index in [0.29, 0.717) is 38.6 Å². The maximum Gasteiger partial charge on any atom is 0.410 e. The van der Waals surface area contributed by atoms with Crippen LogP contribution in [-0.4, -0.2) is 92.2 Å². The Morgan fingerprint density at radius 1 is 0.886 bits per heavy atom. The fourth-order valence-electron chi connectivity index (χ4n) is 4.64. The lowest BCUT2D eigenvalue weighted by Gasteiger charge is -2.27. The Hall–Kier alpha value is -2.65. The first kappa shape index (κ1) is 37.5. The molecular formula is C30H48N4O8S2. The number of carbonyl (C=O) groups is 3. The highest BCUT2D eigenvalue weighted by atomic mass is 32.1. The third kappa shape index (κ3) is 11.4. The number of nitrogens with one attached hydrogen (secondary N) is 1. The molecule has 0 spiro atoms. The van der Waals surface area contributed by atoms with Crippen molar-refractivity contribution in [2.24, 2.45) is 0 Å². The zero-order valence-corrected chi connectivity index (χ0v) is 27.7. The first-order valence-corrected chi connectivity index (χ1v) is 15.9. The van der Waals surface area contributed by atoms with E-state index in [-0.39, 0.29) is 49.8 Å². The highest BCUT2D eigenvalue weighted by Gasteiger charge is 2.40. The molecule has 12 nitrogen and oxygen atoms in total. The van der Waals surface area contributed by atoms with Gasteiger partial charge in [-0.2, -0.15) is 0 Å². The Balaban J connectivity index is 0.000000315. The summed E-state index contributed by atoms with van der Waals surface area (Å²) < 4.78 is 25.6. The summed E-state index contributed by atoms with van der Waals surface area (Å²) in [5.41, 5.74) is -0.554. The van der Waals surface area contributed by atoms with Crippen molar-refractivity contribution in [3.8, 4) is 0 Å². The largest absolute Gasteiger partial charge is 0.469 e. The minimum absolute atomic E-state index is 0. The van der Waals surface area contributed by atoms with E-state index in [1.807, 2.05) is 27.0 Å². The third-order valence-corrected chi connectivity index (χ3v) is 9.31. The number of esters is 2. The highest BCUT2D eigenvalue weighted by Crippen LogP contribution is 2.36. The number of rotatable bonds is 10. The van der Waals surface area contributed by atoms with Crippen LogP contribution in [0, 0.1) is 0 Å². The molecule has 0 unspecified atom stereocenters. The number of methoxy groups -OCH3 is 4. The lowest BCUT2D eigenvalue weighted by molar-refractivity contribution is -0.141. The number of nitrogens with zero attached hydrogens (tertiary/aromatic N) is 3. The van der Waals surface area contributed by atoms with Crippen molar-refractivity contribution in [3.63, 3.8) is 0 Å². The van der Waals surface area contributed by atoms with Gasteiger partial charge in [0.25, 0.3) is 0 Å². The number of hydrogen-bond donors (Lipinski definition) is 1. The van der Waals surface area contributed by atoms with Crippen molar-refractivity contribution in [2.45, 2.75) is 96.6 Å². The van der Waals surface area contributed by atoms with Crippen molar-refractivity contribution in [1.82, 2.24) is 20.2 Å². The van der Waals surface area contributed by atoms with Crippen LogP contribution in [0.25, 0.3) is 0 Å². The molecule has 0 saturated carbocycles. The van der Waals surface area contributed by atoms with Crippen molar-refractivity contribution >= 4 is 40.7 Å². The molecule has 1 N–H and O–H groups in total. The summed E-state index contributed by atoms with van der Waals surface area (Å²) in [5, 5.41) is 5.31. The Morgan fingerprint density at radius 3 is 1.93 bits per heavy atom. The Morgan fingerprint density at radius 2 is 1.43 bits per heavy atom. The number of aromatic nitrogens is 2. The lowest BCUT2D eigenvalue weighted by atomic mass is 10.2. The van der Waals surface area contributed by atoms with E-state index in [1.165, 1.54) is 25.6 Å². The van der Waals surface area contributed by atoms with Gasteiger partial charge in [0.1, 0.15) is 15.6 Å². The van der Waals surface area contributed by atoms with Crippen LogP contribution in [0.1, 0.15) is 85.7 Å². The van der Waals surface area contributed by atoms with Crippen LogP contribution in [0.2, 0.25) is 0 Å². The first-order valence-electron chi connectivity index (χ1n) is 14.3. The molecule has 4 rings (SSSR count). The van der Waals surface area contributed by atoms with Gasteiger partial charge in [-0.1, -0.05) is 7.43 Å². The van der Waals surface area contributed by atoms with E-state index >= 15 is 0 Å². The number of carbonyl (C=O) groups excluding carboxylic acids is 3. The Labute approximate surface area is 268 Å². The molecule has 4 atom stereocenters. The van der Waals surface area contributed by atoms with Crippen LogP contribution >= 0.6 is 22.7 Å². The van der Waals surface area contributed by atoms with E-state index < -0.39 is 5.60 Å². The number of hydrogen-bond acceptors (Lipinski definition) is 13. The molecule has 0 aromatic carbocycles. The van der Waals surface area contributed by atoms with Crippen LogP contribution in [0.3, 0.4) is 0 Å². The monoisotopic (exact) mass is 656 g/mol. The van der Waals surface area contributed by atoms with Gasteiger partial charge in [-0.05, 0) is 40.0 Å². The summed E-state index contributed by atoms with van der Waals surface area (Å²) in [6.45, 7) is 6.89. The summed E-state index contributed by atoms with van der Waals surface area (Å²) in [6.07, 6.45) is 7.14. The molecule has 44 heavy (non-hydrogen) atoms. The van der Waals surface area contributed by atoms with E-state index in [4.69, 9.17) is 14.2 Å². The summed E-state index contributed by atoms with van der Waals surface area (Å²) >= 11 is 3.17. The molecule has 14 heteroatoms. The zero-order valence-electron chi connectivity index (χ0n) is 26.0. The second-order valence-corrected chi connectivity index (χ2v) is 13.6. The first-order chi connectivity index (χ1) is 20.5. The van der Waals surface area contributed by atoms with Crippen molar-refractivity contribution in [2.75, 3.05) is 41.5 Å². The summed E-state index contributed by atoms with van der Waals surface area (Å²) in [7, 11) is 6.17. The molecule has 2 aliphatic rings. The van der Waals surface area contributed by atoms with Gasteiger partial charge in [-0.3, -0.25) is 14.5 Å². The predicted octanol–water partition coefficient (Wildman–Crippen LogP) is 4.88.